The molecule has 1 aromatic carbocycles. The van der Waals surface area contributed by atoms with E-state index in [4.69, 9.17) is 11.6 Å². The van der Waals surface area contributed by atoms with Crippen LogP contribution >= 0.6 is 11.6 Å². The van der Waals surface area contributed by atoms with Crippen LogP contribution in [0.2, 0.25) is 0 Å². The predicted molar refractivity (Wildman–Crippen MR) is 50.0 cm³/mol. The van der Waals surface area contributed by atoms with Crippen LogP contribution in [0.15, 0.2) is 24.3 Å². The molecule has 0 aromatic heterocycles. The Kier molecular flexibility index (Phi) is 3.81. The molecule has 0 aliphatic carbocycles. The summed E-state index contributed by atoms with van der Waals surface area (Å²) in [5.41, 5.74) is 2.27. The Morgan fingerprint density at radius 3 is 2.25 bits per heavy atom. The van der Waals surface area contributed by atoms with Crippen molar-refractivity contribution in [3.63, 3.8) is 0 Å². The highest BCUT2D eigenvalue weighted by atomic mass is 35.5. The summed E-state index contributed by atoms with van der Waals surface area (Å²) in [6.07, 6.45) is 3.11. The highest BCUT2D eigenvalue weighted by molar-refractivity contribution is 6.17. The monoisotopic (exact) mass is 181 g/mol. The fourth-order valence-corrected chi connectivity index (χ4v) is 1.17. The molecule has 1 rings (SSSR count). The minimum absolute atomic E-state index is 0.472. The minimum Gasteiger partial charge on any atom is -0.291 e. The van der Waals surface area contributed by atoms with Gasteiger partial charge in [-0.25, -0.2) is 0 Å². The Morgan fingerprint density at radius 2 is 1.75 bits per heavy atom. The second kappa shape index (κ2) is 4.94. The van der Waals surface area contributed by atoms with Gasteiger partial charge >= 0.3 is 0 Å². The third-order valence-corrected chi connectivity index (χ3v) is 2.00. The number of hydrogen-bond donors (Lipinski definition) is 0. The van der Waals surface area contributed by atoms with E-state index in [1.807, 2.05) is 30.6 Å². The number of carbonyl (C=O) groups excluding carboxylic acids is 1. The van der Waals surface area contributed by atoms with E-state index in [9.17, 15) is 4.79 Å². The maximum Gasteiger partial charge on any atom is 0.198 e. The number of alkyl halides is 1. The minimum atomic E-state index is 0.472. The molecule has 0 aliphatic heterocycles. The van der Waals surface area contributed by atoms with Crippen LogP contribution in [0.4, 0.5) is 0 Å². The van der Waals surface area contributed by atoms with E-state index in [0.717, 1.165) is 17.5 Å². The van der Waals surface area contributed by atoms with Crippen molar-refractivity contribution in [3.8, 4) is 0 Å². The molecule has 1 radical (unpaired) electrons. The van der Waals surface area contributed by atoms with E-state index in [-0.39, 0.29) is 0 Å². The van der Waals surface area contributed by atoms with Crippen LogP contribution in [0.5, 0.6) is 0 Å². The SMILES string of the molecule is O=[C]CCc1ccc(CCl)cc1. The van der Waals surface area contributed by atoms with Crippen LogP contribution in [-0.4, -0.2) is 6.29 Å². The largest absolute Gasteiger partial charge is 0.291 e. The third-order valence-electron chi connectivity index (χ3n) is 1.69. The van der Waals surface area contributed by atoms with Gasteiger partial charge in [-0.05, 0) is 17.5 Å². The van der Waals surface area contributed by atoms with Gasteiger partial charge < -0.3 is 0 Å². The lowest BCUT2D eigenvalue weighted by Crippen LogP contribution is -1.86. The zero-order valence-electron chi connectivity index (χ0n) is 6.72. The molecule has 0 heterocycles. The van der Waals surface area contributed by atoms with Gasteiger partial charge in [-0.15, -0.1) is 11.6 Å². The Morgan fingerprint density at radius 1 is 1.17 bits per heavy atom. The first-order valence-electron chi connectivity index (χ1n) is 3.85. The molecule has 0 unspecified atom stereocenters. The maximum absolute atomic E-state index is 9.96. The Hall–Kier alpha value is -0.820. The number of rotatable bonds is 4. The van der Waals surface area contributed by atoms with Crippen LogP contribution < -0.4 is 0 Å². The smallest absolute Gasteiger partial charge is 0.198 e. The van der Waals surface area contributed by atoms with Crippen molar-refractivity contribution in [2.45, 2.75) is 18.7 Å². The topological polar surface area (TPSA) is 17.1 Å². The molecule has 63 valence electrons. The van der Waals surface area contributed by atoms with Gasteiger partial charge in [0.05, 0.1) is 0 Å². The third kappa shape index (κ3) is 2.67. The Labute approximate surface area is 77.4 Å². The summed E-state index contributed by atoms with van der Waals surface area (Å²) in [6.45, 7) is 0. The van der Waals surface area contributed by atoms with Crippen molar-refractivity contribution in [2.24, 2.45) is 0 Å². The fraction of sp³-hybridized carbons (Fsp3) is 0.300. The molecular formula is C10H10ClO. The normalized spacial score (nSPS) is 9.75. The van der Waals surface area contributed by atoms with Crippen molar-refractivity contribution in [2.75, 3.05) is 0 Å². The molecule has 1 aromatic rings. The fourth-order valence-electron chi connectivity index (χ4n) is 0.990. The van der Waals surface area contributed by atoms with Gasteiger partial charge in [0, 0.05) is 12.3 Å². The summed E-state index contributed by atoms with van der Waals surface area (Å²) < 4.78 is 0. The van der Waals surface area contributed by atoms with Crippen LogP contribution in [0.3, 0.4) is 0 Å². The summed E-state index contributed by atoms with van der Waals surface area (Å²) in [4.78, 5) is 9.96. The Bertz CT molecular complexity index is 241. The standard InChI is InChI=1S/C10H10ClO/c11-8-10-5-3-9(4-6-10)2-1-7-12/h3-6H,1-2,8H2. The molecule has 0 amide bonds. The molecule has 0 saturated carbocycles. The molecule has 1 nitrogen and oxygen atoms in total. The lowest BCUT2D eigenvalue weighted by atomic mass is 10.1. The van der Waals surface area contributed by atoms with Gasteiger partial charge in [-0.2, -0.15) is 0 Å². The molecule has 0 bridgehead atoms. The number of halogens is 1. The first kappa shape index (κ1) is 9.27. The molecule has 12 heavy (non-hydrogen) atoms. The second-order valence-electron chi connectivity index (χ2n) is 2.59. The zero-order chi connectivity index (χ0) is 8.81. The molecule has 0 aliphatic rings. The first-order valence-corrected chi connectivity index (χ1v) is 4.39. The van der Waals surface area contributed by atoms with Crippen molar-refractivity contribution < 1.29 is 4.79 Å². The van der Waals surface area contributed by atoms with Crippen molar-refractivity contribution in [3.05, 3.63) is 35.4 Å². The number of aryl methyl sites for hydroxylation is 1. The molecule has 2 heteroatoms. The Balaban J connectivity index is 2.58. The van der Waals surface area contributed by atoms with Gasteiger partial charge in [0.1, 0.15) is 0 Å². The van der Waals surface area contributed by atoms with E-state index in [2.05, 4.69) is 0 Å². The van der Waals surface area contributed by atoms with Crippen molar-refractivity contribution >= 4 is 17.9 Å². The lowest BCUT2D eigenvalue weighted by Gasteiger charge is -1.98. The van der Waals surface area contributed by atoms with E-state index >= 15 is 0 Å². The maximum atomic E-state index is 9.96. The number of hydrogen-bond acceptors (Lipinski definition) is 1. The zero-order valence-corrected chi connectivity index (χ0v) is 7.47. The van der Waals surface area contributed by atoms with E-state index < -0.39 is 0 Å². The van der Waals surface area contributed by atoms with Gasteiger partial charge in [0.15, 0.2) is 6.29 Å². The second-order valence-corrected chi connectivity index (χ2v) is 2.86. The average molecular weight is 182 g/mol. The number of benzene rings is 1. The average Bonchev–Trinajstić information content (AvgIpc) is 2.15. The van der Waals surface area contributed by atoms with Crippen molar-refractivity contribution in [1.29, 1.82) is 0 Å². The predicted octanol–water partition coefficient (Wildman–Crippen LogP) is 2.47. The van der Waals surface area contributed by atoms with E-state index in [1.54, 1.807) is 0 Å². The molecule has 0 fully saturated rings. The summed E-state index contributed by atoms with van der Waals surface area (Å²) in [5.74, 6) is 0.542. The highest BCUT2D eigenvalue weighted by Gasteiger charge is 1.93. The molecule has 0 spiro atoms. The van der Waals surface area contributed by atoms with E-state index in [1.165, 1.54) is 0 Å². The first-order chi connectivity index (χ1) is 5.86. The molecular weight excluding hydrogens is 172 g/mol. The lowest BCUT2D eigenvalue weighted by molar-refractivity contribution is 0.551. The van der Waals surface area contributed by atoms with E-state index in [0.29, 0.717) is 12.3 Å². The van der Waals surface area contributed by atoms with Gasteiger partial charge in [-0.1, -0.05) is 24.3 Å². The quantitative estimate of drug-likeness (QED) is 0.653. The van der Waals surface area contributed by atoms with Gasteiger partial charge in [-0.3, -0.25) is 4.79 Å². The van der Waals surface area contributed by atoms with Crippen LogP contribution in [0, 0.1) is 0 Å². The summed E-state index contributed by atoms with van der Waals surface area (Å²) >= 11 is 5.62. The summed E-state index contributed by atoms with van der Waals surface area (Å²) in [5, 5.41) is 0. The van der Waals surface area contributed by atoms with Crippen molar-refractivity contribution in [1.82, 2.24) is 0 Å². The van der Waals surface area contributed by atoms with Crippen LogP contribution in [0.25, 0.3) is 0 Å². The molecule has 0 atom stereocenters. The highest BCUT2D eigenvalue weighted by Crippen LogP contribution is 2.07. The van der Waals surface area contributed by atoms with Crippen LogP contribution in [0.1, 0.15) is 17.5 Å². The molecule has 0 N–H and O–H groups in total. The molecule has 0 saturated heterocycles. The van der Waals surface area contributed by atoms with Crippen LogP contribution in [-0.2, 0) is 17.1 Å². The van der Waals surface area contributed by atoms with Gasteiger partial charge in [0.25, 0.3) is 0 Å². The van der Waals surface area contributed by atoms with Gasteiger partial charge in [0.2, 0.25) is 0 Å². The summed E-state index contributed by atoms with van der Waals surface area (Å²) in [6, 6.07) is 7.95. The summed E-state index contributed by atoms with van der Waals surface area (Å²) in [7, 11) is 0.